The van der Waals surface area contributed by atoms with E-state index in [1.807, 2.05) is 0 Å². The van der Waals surface area contributed by atoms with Crippen LogP contribution < -0.4 is 5.32 Å². The Labute approximate surface area is 103 Å². The van der Waals surface area contributed by atoms with Crippen LogP contribution in [0.25, 0.3) is 0 Å². The maximum Gasteiger partial charge on any atom is 0.254 e. The van der Waals surface area contributed by atoms with Gasteiger partial charge in [0.25, 0.3) is 5.91 Å². The van der Waals surface area contributed by atoms with Crippen molar-refractivity contribution in [2.75, 3.05) is 0 Å². The number of phenols is 1. The zero-order chi connectivity index (χ0) is 13.0. The first-order chi connectivity index (χ1) is 8.66. The highest BCUT2D eigenvalue weighted by Gasteiger charge is 2.11. The summed E-state index contributed by atoms with van der Waals surface area (Å²) >= 11 is 0. The van der Waals surface area contributed by atoms with Crippen molar-refractivity contribution < 1.29 is 14.3 Å². The van der Waals surface area contributed by atoms with Gasteiger partial charge in [-0.3, -0.25) is 9.78 Å². The van der Waals surface area contributed by atoms with Crippen LogP contribution in [0, 0.1) is 5.82 Å². The first kappa shape index (κ1) is 12.0. The normalized spacial score (nSPS) is 10.1. The molecule has 0 atom stereocenters. The van der Waals surface area contributed by atoms with Crippen LogP contribution in [0.1, 0.15) is 15.9 Å². The van der Waals surface area contributed by atoms with E-state index in [4.69, 9.17) is 5.11 Å². The maximum absolute atomic E-state index is 13.4. The molecule has 0 spiro atoms. The van der Waals surface area contributed by atoms with E-state index < -0.39 is 11.7 Å². The van der Waals surface area contributed by atoms with Crippen molar-refractivity contribution >= 4 is 5.91 Å². The number of carbonyl (C=O) groups is 1. The van der Waals surface area contributed by atoms with Crippen molar-refractivity contribution in [3.05, 3.63) is 59.7 Å². The Morgan fingerprint density at radius 2 is 2.22 bits per heavy atom. The number of nitrogens with zero attached hydrogens (tertiary/aromatic N) is 1. The minimum Gasteiger partial charge on any atom is -0.508 e. The Morgan fingerprint density at radius 1 is 1.39 bits per heavy atom. The molecule has 0 radical (unpaired) electrons. The average Bonchev–Trinajstić information content (AvgIpc) is 2.37. The van der Waals surface area contributed by atoms with Crippen LogP contribution in [-0.2, 0) is 6.54 Å². The van der Waals surface area contributed by atoms with Gasteiger partial charge in [0, 0.05) is 25.0 Å². The van der Waals surface area contributed by atoms with E-state index in [0.717, 1.165) is 11.6 Å². The standard InChI is InChI=1S/C13H11FN2O2/c14-12-6-10(17)3-4-11(12)13(18)16-8-9-2-1-5-15-7-9/h1-7,17H,8H2,(H,16,18). The van der Waals surface area contributed by atoms with Crippen LogP contribution >= 0.6 is 0 Å². The molecule has 2 aromatic rings. The number of benzene rings is 1. The molecular formula is C13H11FN2O2. The lowest BCUT2D eigenvalue weighted by atomic mass is 10.2. The van der Waals surface area contributed by atoms with Crippen LogP contribution in [-0.4, -0.2) is 16.0 Å². The summed E-state index contributed by atoms with van der Waals surface area (Å²) in [7, 11) is 0. The molecule has 18 heavy (non-hydrogen) atoms. The number of aromatic hydroxyl groups is 1. The predicted octanol–water partition coefficient (Wildman–Crippen LogP) is 1.86. The first-order valence-corrected chi connectivity index (χ1v) is 5.32. The van der Waals surface area contributed by atoms with Crippen LogP contribution in [0.5, 0.6) is 5.75 Å². The second-order valence-electron chi connectivity index (χ2n) is 3.71. The highest BCUT2D eigenvalue weighted by molar-refractivity contribution is 5.94. The topological polar surface area (TPSA) is 62.2 Å². The Bertz CT molecular complexity index is 558. The van der Waals surface area contributed by atoms with Crippen molar-refractivity contribution in [1.82, 2.24) is 10.3 Å². The van der Waals surface area contributed by atoms with Crippen molar-refractivity contribution in [2.24, 2.45) is 0 Å². The molecule has 0 saturated carbocycles. The smallest absolute Gasteiger partial charge is 0.254 e. The fourth-order valence-corrected chi connectivity index (χ4v) is 1.47. The van der Waals surface area contributed by atoms with Gasteiger partial charge in [-0.1, -0.05) is 6.07 Å². The minimum atomic E-state index is -0.751. The van der Waals surface area contributed by atoms with Crippen molar-refractivity contribution in [1.29, 1.82) is 0 Å². The largest absolute Gasteiger partial charge is 0.508 e. The zero-order valence-electron chi connectivity index (χ0n) is 9.43. The molecule has 1 amide bonds. The van der Waals surface area contributed by atoms with Gasteiger partial charge in [0.05, 0.1) is 5.56 Å². The second-order valence-corrected chi connectivity index (χ2v) is 3.71. The van der Waals surface area contributed by atoms with Gasteiger partial charge in [-0.15, -0.1) is 0 Å². The molecule has 0 unspecified atom stereocenters. The number of hydrogen-bond acceptors (Lipinski definition) is 3. The number of aromatic nitrogens is 1. The first-order valence-electron chi connectivity index (χ1n) is 5.32. The number of carbonyl (C=O) groups excluding carboxylic acids is 1. The second kappa shape index (κ2) is 5.27. The Kier molecular flexibility index (Phi) is 3.52. The summed E-state index contributed by atoms with van der Waals surface area (Å²) in [5, 5.41) is 11.6. The third kappa shape index (κ3) is 2.82. The third-order valence-corrected chi connectivity index (χ3v) is 2.37. The molecule has 2 rings (SSSR count). The monoisotopic (exact) mass is 246 g/mol. The molecule has 1 aromatic heterocycles. The summed E-state index contributed by atoms with van der Waals surface area (Å²) in [6.45, 7) is 0.271. The van der Waals surface area contributed by atoms with Crippen LogP contribution in [0.15, 0.2) is 42.7 Å². The van der Waals surface area contributed by atoms with E-state index in [1.54, 1.807) is 24.5 Å². The molecule has 92 valence electrons. The fourth-order valence-electron chi connectivity index (χ4n) is 1.47. The van der Waals surface area contributed by atoms with Gasteiger partial charge in [0.2, 0.25) is 0 Å². The molecule has 0 aliphatic carbocycles. The van der Waals surface area contributed by atoms with E-state index in [0.29, 0.717) is 0 Å². The van der Waals surface area contributed by atoms with Gasteiger partial charge < -0.3 is 10.4 Å². The van der Waals surface area contributed by atoms with Crippen LogP contribution in [0.3, 0.4) is 0 Å². The van der Waals surface area contributed by atoms with Crippen molar-refractivity contribution in [3.8, 4) is 5.75 Å². The van der Waals surface area contributed by atoms with Crippen LogP contribution in [0.4, 0.5) is 4.39 Å². The lowest BCUT2D eigenvalue weighted by Crippen LogP contribution is -2.23. The Morgan fingerprint density at radius 3 is 2.89 bits per heavy atom. The molecule has 1 aromatic carbocycles. The van der Waals surface area contributed by atoms with Gasteiger partial charge >= 0.3 is 0 Å². The molecule has 5 heteroatoms. The van der Waals surface area contributed by atoms with Gasteiger partial charge in [0.1, 0.15) is 11.6 Å². The summed E-state index contributed by atoms with van der Waals surface area (Å²) in [4.78, 5) is 15.6. The number of phenolic OH excluding ortho intramolecular Hbond substituents is 1. The number of pyridine rings is 1. The zero-order valence-corrected chi connectivity index (χ0v) is 9.43. The molecule has 4 nitrogen and oxygen atoms in total. The highest BCUT2D eigenvalue weighted by Crippen LogP contribution is 2.14. The van der Waals surface area contributed by atoms with Gasteiger partial charge in [0.15, 0.2) is 0 Å². The summed E-state index contributed by atoms with van der Waals surface area (Å²) < 4.78 is 13.4. The van der Waals surface area contributed by atoms with E-state index in [-0.39, 0.29) is 17.9 Å². The number of amides is 1. The van der Waals surface area contributed by atoms with Crippen LogP contribution in [0.2, 0.25) is 0 Å². The molecule has 0 bridgehead atoms. The summed E-state index contributed by atoms with van der Waals surface area (Å²) in [5.74, 6) is -1.49. The Balaban J connectivity index is 2.04. The molecule has 2 N–H and O–H groups in total. The SMILES string of the molecule is O=C(NCc1cccnc1)c1ccc(O)cc1F. The number of nitrogens with one attached hydrogen (secondary N) is 1. The summed E-state index contributed by atoms with van der Waals surface area (Å²) in [5.41, 5.74) is 0.724. The number of rotatable bonds is 3. The molecule has 0 aliphatic heterocycles. The predicted molar refractivity (Wildman–Crippen MR) is 63.5 cm³/mol. The van der Waals surface area contributed by atoms with E-state index in [2.05, 4.69) is 10.3 Å². The van der Waals surface area contributed by atoms with Gasteiger partial charge in [-0.05, 0) is 23.8 Å². The lowest BCUT2D eigenvalue weighted by molar-refractivity contribution is 0.0947. The highest BCUT2D eigenvalue weighted by atomic mass is 19.1. The van der Waals surface area contributed by atoms with E-state index in [9.17, 15) is 9.18 Å². The van der Waals surface area contributed by atoms with E-state index >= 15 is 0 Å². The molecular weight excluding hydrogens is 235 g/mol. The quantitative estimate of drug-likeness (QED) is 0.868. The average molecular weight is 246 g/mol. The number of hydrogen-bond donors (Lipinski definition) is 2. The third-order valence-electron chi connectivity index (χ3n) is 2.37. The van der Waals surface area contributed by atoms with Crippen molar-refractivity contribution in [2.45, 2.75) is 6.54 Å². The van der Waals surface area contributed by atoms with Gasteiger partial charge in [-0.25, -0.2) is 4.39 Å². The summed E-state index contributed by atoms with van der Waals surface area (Å²) in [6.07, 6.45) is 3.25. The Hall–Kier alpha value is -2.43. The minimum absolute atomic E-state index is 0.100. The molecule has 0 saturated heterocycles. The summed E-state index contributed by atoms with van der Waals surface area (Å²) in [6, 6.07) is 6.97. The molecule has 1 heterocycles. The molecule has 0 fully saturated rings. The van der Waals surface area contributed by atoms with Gasteiger partial charge in [-0.2, -0.15) is 0 Å². The maximum atomic E-state index is 13.4. The fraction of sp³-hybridized carbons (Fsp3) is 0.0769. The van der Waals surface area contributed by atoms with Crippen molar-refractivity contribution in [3.63, 3.8) is 0 Å². The molecule has 0 aliphatic rings. The number of halogens is 1. The lowest BCUT2D eigenvalue weighted by Gasteiger charge is -2.06. The van der Waals surface area contributed by atoms with E-state index in [1.165, 1.54) is 12.1 Å².